The Bertz CT molecular complexity index is 306. The zero-order valence-electron chi connectivity index (χ0n) is 8.88. The van der Waals surface area contributed by atoms with E-state index in [-0.39, 0.29) is 13.0 Å². The molecule has 0 spiro atoms. The van der Waals surface area contributed by atoms with Crippen LogP contribution in [-0.2, 0) is 9.59 Å². The maximum atomic E-state index is 11.9. The van der Waals surface area contributed by atoms with E-state index in [1.807, 2.05) is 0 Å². The number of amides is 1. The van der Waals surface area contributed by atoms with Crippen LogP contribution in [0, 0.1) is 5.92 Å². The summed E-state index contributed by atoms with van der Waals surface area (Å²) in [5.41, 5.74) is 0. The summed E-state index contributed by atoms with van der Waals surface area (Å²) in [4.78, 5) is 21.2. The monoisotopic (exact) mass is 254 g/mol. The minimum absolute atomic E-state index is 0.216. The Kier molecular flexibility index (Phi) is 4.33. The molecule has 3 N–H and O–H groups in total. The number of nitrogens with one attached hydrogen (secondary N) is 2. The second kappa shape index (κ2) is 5.35. The van der Waals surface area contributed by atoms with Crippen LogP contribution in [-0.4, -0.2) is 42.3 Å². The van der Waals surface area contributed by atoms with E-state index in [1.54, 1.807) is 5.32 Å². The quantitative estimate of drug-likeness (QED) is 0.668. The third kappa shape index (κ3) is 4.22. The molecule has 17 heavy (non-hydrogen) atoms. The highest BCUT2D eigenvalue weighted by Crippen LogP contribution is 2.17. The van der Waals surface area contributed by atoms with Crippen molar-refractivity contribution in [3.05, 3.63) is 0 Å². The summed E-state index contributed by atoms with van der Waals surface area (Å²) in [7, 11) is 0. The lowest BCUT2D eigenvalue weighted by molar-refractivity contribution is -0.173. The van der Waals surface area contributed by atoms with E-state index >= 15 is 0 Å². The number of hydrogen-bond acceptors (Lipinski definition) is 3. The second-order valence-corrected chi connectivity index (χ2v) is 3.92. The predicted octanol–water partition coefficient (Wildman–Crippen LogP) is 0.118. The van der Waals surface area contributed by atoms with Gasteiger partial charge in [-0.2, -0.15) is 13.2 Å². The summed E-state index contributed by atoms with van der Waals surface area (Å²) in [6.45, 7) is 0.200. The van der Waals surface area contributed by atoms with Crippen molar-refractivity contribution in [3.8, 4) is 0 Å². The Morgan fingerprint density at radius 2 is 2.06 bits per heavy atom. The zero-order chi connectivity index (χ0) is 13.1. The molecule has 1 heterocycles. The van der Waals surface area contributed by atoms with Gasteiger partial charge in [-0.15, -0.1) is 0 Å². The molecule has 1 fully saturated rings. The van der Waals surface area contributed by atoms with Gasteiger partial charge in [0.25, 0.3) is 0 Å². The number of rotatable bonds is 3. The molecular formula is C9H13F3N2O3. The molecule has 1 aliphatic heterocycles. The molecule has 5 nitrogen and oxygen atoms in total. The summed E-state index contributed by atoms with van der Waals surface area (Å²) in [5.74, 6) is -3.53. The molecule has 0 unspecified atom stereocenters. The van der Waals surface area contributed by atoms with Crippen molar-refractivity contribution in [1.29, 1.82) is 0 Å². The number of carboxylic acid groups (broad SMARTS) is 1. The molecule has 0 aromatic heterocycles. The highest BCUT2D eigenvalue weighted by molar-refractivity contribution is 5.81. The van der Waals surface area contributed by atoms with E-state index in [4.69, 9.17) is 5.11 Å². The van der Waals surface area contributed by atoms with Crippen LogP contribution >= 0.6 is 0 Å². The van der Waals surface area contributed by atoms with Gasteiger partial charge < -0.3 is 15.7 Å². The molecular weight excluding hydrogens is 241 g/mol. The first-order chi connectivity index (χ1) is 7.80. The molecule has 0 bridgehead atoms. The molecule has 1 aliphatic rings. The van der Waals surface area contributed by atoms with Crippen LogP contribution in [0.15, 0.2) is 0 Å². The number of carboxylic acids is 1. The highest BCUT2D eigenvalue weighted by Gasteiger charge is 2.39. The first-order valence-corrected chi connectivity index (χ1v) is 5.12. The minimum Gasteiger partial charge on any atom is -0.481 e. The number of piperidine rings is 1. The van der Waals surface area contributed by atoms with Gasteiger partial charge in [-0.25, -0.2) is 0 Å². The number of aliphatic carboxylic acids is 1. The molecule has 0 saturated carbocycles. The van der Waals surface area contributed by atoms with Gasteiger partial charge in [0, 0.05) is 12.6 Å². The highest BCUT2D eigenvalue weighted by atomic mass is 19.4. The number of carbonyl (C=O) groups is 2. The van der Waals surface area contributed by atoms with Crippen molar-refractivity contribution in [1.82, 2.24) is 10.6 Å². The van der Waals surface area contributed by atoms with Gasteiger partial charge in [0.05, 0.1) is 5.92 Å². The first kappa shape index (κ1) is 13.8. The minimum atomic E-state index is -4.90. The van der Waals surface area contributed by atoms with Crippen LogP contribution in [0.3, 0.4) is 0 Å². The first-order valence-electron chi connectivity index (χ1n) is 5.12. The third-order valence-corrected chi connectivity index (χ3v) is 2.61. The number of carbonyl (C=O) groups excluding carboxylic acids is 1. The van der Waals surface area contributed by atoms with Crippen LogP contribution in [0.5, 0.6) is 0 Å². The topological polar surface area (TPSA) is 78.4 Å². The lowest BCUT2D eigenvalue weighted by Gasteiger charge is -2.28. The normalized spacial score (nSPS) is 25.4. The van der Waals surface area contributed by atoms with Crippen molar-refractivity contribution in [2.45, 2.75) is 25.1 Å². The Labute approximate surface area is 95.4 Å². The zero-order valence-corrected chi connectivity index (χ0v) is 8.88. The Hall–Kier alpha value is -1.31. The molecule has 2 atom stereocenters. The molecule has 8 heteroatoms. The van der Waals surface area contributed by atoms with E-state index in [0.29, 0.717) is 13.0 Å². The van der Waals surface area contributed by atoms with Crippen LogP contribution in [0.1, 0.15) is 12.8 Å². The van der Waals surface area contributed by atoms with Gasteiger partial charge in [-0.3, -0.25) is 9.59 Å². The smallest absolute Gasteiger partial charge is 0.471 e. The van der Waals surface area contributed by atoms with Gasteiger partial charge in [-0.05, 0) is 19.4 Å². The van der Waals surface area contributed by atoms with Gasteiger partial charge in [0.15, 0.2) is 0 Å². The molecule has 0 aromatic carbocycles. The fourth-order valence-electron chi connectivity index (χ4n) is 1.70. The molecule has 98 valence electrons. The Morgan fingerprint density at radius 3 is 2.59 bits per heavy atom. The van der Waals surface area contributed by atoms with Crippen molar-refractivity contribution in [2.24, 2.45) is 5.92 Å². The lowest BCUT2D eigenvalue weighted by atomic mass is 9.92. The molecule has 1 saturated heterocycles. The van der Waals surface area contributed by atoms with Crippen molar-refractivity contribution < 1.29 is 27.9 Å². The SMILES string of the molecule is O=C(O)[C@@H]1CCN[C@H](CNC(=O)C(F)(F)F)C1. The van der Waals surface area contributed by atoms with Crippen LogP contribution in [0.4, 0.5) is 13.2 Å². The Morgan fingerprint density at radius 1 is 1.41 bits per heavy atom. The van der Waals surface area contributed by atoms with E-state index < -0.39 is 30.0 Å². The van der Waals surface area contributed by atoms with E-state index in [2.05, 4.69) is 5.32 Å². The van der Waals surface area contributed by atoms with E-state index in [0.717, 1.165) is 0 Å². The Balaban J connectivity index is 2.37. The molecule has 0 aromatic rings. The van der Waals surface area contributed by atoms with Crippen LogP contribution < -0.4 is 10.6 Å². The standard InChI is InChI=1S/C9H13F3N2O3/c10-9(11,12)8(17)14-4-6-3-5(7(15)16)1-2-13-6/h5-6,13H,1-4H2,(H,14,17)(H,15,16)/t5-,6+/m1/s1. The predicted molar refractivity (Wildman–Crippen MR) is 51.2 cm³/mol. The van der Waals surface area contributed by atoms with Crippen molar-refractivity contribution in [3.63, 3.8) is 0 Å². The maximum absolute atomic E-state index is 11.9. The van der Waals surface area contributed by atoms with Gasteiger partial charge in [-0.1, -0.05) is 0 Å². The average Bonchev–Trinajstić information content (AvgIpc) is 2.25. The number of halogens is 3. The number of hydrogen-bond donors (Lipinski definition) is 3. The van der Waals surface area contributed by atoms with Gasteiger partial charge in [0.1, 0.15) is 0 Å². The van der Waals surface area contributed by atoms with E-state index in [9.17, 15) is 22.8 Å². The lowest BCUT2D eigenvalue weighted by Crippen LogP contribution is -2.49. The fourth-order valence-corrected chi connectivity index (χ4v) is 1.70. The van der Waals surface area contributed by atoms with E-state index in [1.165, 1.54) is 0 Å². The molecule has 1 amide bonds. The summed E-state index contributed by atoms with van der Waals surface area (Å²) in [6, 6.07) is -0.434. The average molecular weight is 254 g/mol. The third-order valence-electron chi connectivity index (χ3n) is 2.61. The maximum Gasteiger partial charge on any atom is 0.471 e. The van der Waals surface area contributed by atoms with Crippen molar-refractivity contribution >= 4 is 11.9 Å². The second-order valence-electron chi connectivity index (χ2n) is 3.92. The number of alkyl halides is 3. The van der Waals surface area contributed by atoms with Crippen LogP contribution in [0.25, 0.3) is 0 Å². The van der Waals surface area contributed by atoms with Crippen LogP contribution in [0.2, 0.25) is 0 Å². The largest absolute Gasteiger partial charge is 0.481 e. The summed E-state index contributed by atoms with van der Waals surface area (Å²) < 4.78 is 35.6. The molecule has 1 rings (SSSR count). The fraction of sp³-hybridized carbons (Fsp3) is 0.778. The van der Waals surface area contributed by atoms with Crippen molar-refractivity contribution in [2.75, 3.05) is 13.1 Å². The summed E-state index contributed by atoms with van der Waals surface area (Å²) in [5, 5.41) is 13.4. The summed E-state index contributed by atoms with van der Waals surface area (Å²) >= 11 is 0. The van der Waals surface area contributed by atoms with Gasteiger partial charge in [0.2, 0.25) is 0 Å². The van der Waals surface area contributed by atoms with Gasteiger partial charge >= 0.3 is 18.1 Å². The molecule has 0 radical (unpaired) electrons. The summed E-state index contributed by atoms with van der Waals surface area (Å²) in [6.07, 6.45) is -4.24. The molecule has 0 aliphatic carbocycles.